The first kappa shape index (κ1) is 24.0. The average Bonchev–Trinajstić information content (AvgIpc) is 2.76. The molecular weight excluding hydrogens is 455 g/mol. The molecule has 2 aliphatic heterocycles. The normalized spacial score (nSPS) is 24.7. The Hall–Kier alpha value is -2.74. The lowest BCUT2D eigenvalue weighted by Crippen LogP contribution is -2.64. The second-order valence-corrected chi connectivity index (χ2v) is 10.6. The van der Waals surface area contributed by atoms with Crippen LogP contribution in [0.1, 0.15) is 37.8 Å². The first-order valence-corrected chi connectivity index (χ1v) is 12.3. The van der Waals surface area contributed by atoms with Crippen molar-refractivity contribution in [3.05, 3.63) is 65.7 Å². The van der Waals surface area contributed by atoms with E-state index in [9.17, 15) is 18.0 Å². The summed E-state index contributed by atoms with van der Waals surface area (Å²) in [5.41, 5.74) is 1.69. The van der Waals surface area contributed by atoms with Crippen LogP contribution in [0.25, 0.3) is 0 Å². The Morgan fingerprint density at radius 1 is 0.971 bits per heavy atom. The lowest BCUT2D eigenvalue weighted by molar-refractivity contribution is -0.138. The van der Waals surface area contributed by atoms with E-state index in [1.165, 1.54) is 17.7 Å². The molecule has 2 aromatic carbocycles. The highest BCUT2D eigenvalue weighted by Crippen LogP contribution is 2.50. The molecule has 2 atom stereocenters. The number of likely N-dealkylation sites (tertiary alicyclic amines) is 1. The summed E-state index contributed by atoms with van der Waals surface area (Å²) < 4.78 is 44.5. The van der Waals surface area contributed by atoms with E-state index in [0.29, 0.717) is 13.1 Å². The van der Waals surface area contributed by atoms with Gasteiger partial charge in [0.1, 0.15) is 6.10 Å². The molecule has 35 heavy (non-hydrogen) atoms. The van der Waals surface area contributed by atoms with Crippen LogP contribution in [0.3, 0.4) is 0 Å². The van der Waals surface area contributed by atoms with Crippen molar-refractivity contribution in [2.24, 2.45) is 5.41 Å². The number of amides is 1. The van der Waals surface area contributed by atoms with E-state index in [0.717, 1.165) is 50.3 Å². The summed E-state index contributed by atoms with van der Waals surface area (Å²) in [7, 11) is 0. The smallest absolute Gasteiger partial charge is 0.416 e. The van der Waals surface area contributed by atoms with Gasteiger partial charge in [0.2, 0.25) is 0 Å². The van der Waals surface area contributed by atoms with Crippen molar-refractivity contribution in [2.45, 2.75) is 57.6 Å². The van der Waals surface area contributed by atoms with Gasteiger partial charge < -0.3 is 9.64 Å². The molecule has 0 radical (unpaired) electrons. The molecule has 2 saturated heterocycles. The van der Waals surface area contributed by atoms with E-state index >= 15 is 0 Å². The lowest BCUT2D eigenvalue weighted by Gasteiger charge is -2.58. The van der Waals surface area contributed by atoms with Gasteiger partial charge >= 0.3 is 12.3 Å². The van der Waals surface area contributed by atoms with Gasteiger partial charge in [-0.1, -0.05) is 30.3 Å². The largest absolute Gasteiger partial charge is 0.446 e. The highest BCUT2D eigenvalue weighted by Gasteiger charge is 2.54. The molecule has 1 saturated carbocycles. The summed E-state index contributed by atoms with van der Waals surface area (Å²) in [6.45, 7) is 8.09. The first-order chi connectivity index (χ1) is 16.6. The van der Waals surface area contributed by atoms with E-state index in [2.05, 4.69) is 29.2 Å². The summed E-state index contributed by atoms with van der Waals surface area (Å²) in [6, 6.07) is 15.5. The summed E-state index contributed by atoms with van der Waals surface area (Å²) >= 11 is 0. The number of ether oxygens (including phenoxy) is 1. The fourth-order valence-corrected chi connectivity index (χ4v) is 6.06. The number of carbonyl (C=O) groups is 1. The monoisotopic (exact) mass is 487 g/mol. The number of anilines is 1. The number of hydrogen-bond acceptors (Lipinski definition) is 4. The van der Waals surface area contributed by atoms with Crippen LogP contribution in [-0.2, 0) is 17.5 Å². The molecule has 0 bridgehead atoms. The Morgan fingerprint density at radius 2 is 1.57 bits per heavy atom. The number of piperazine rings is 1. The molecule has 2 aromatic rings. The van der Waals surface area contributed by atoms with Gasteiger partial charge in [0, 0.05) is 43.8 Å². The van der Waals surface area contributed by atoms with Crippen LogP contribution in [0.15, 0.2) is 54.6 Å². The van der Waals surface area contributed by atoms with E-state index in [4.69, 9.17) is 4.74 Å². The van der Waals surface area contributed by atoms with Crippen LogP contribution in [0.4, 0.5) is 23.7 Å². The van der Waals surface area contributed by atoms with Crippen LogP contribution in [-0.4, -0.2) is 60.3 Å². The second-order valence-electron chi connectivity index (χ2n) is 10.6. The number of rotatable bonds is 4. The van der Waals surface area contributed by atoms with Crippen molar-refractivity contribution in [2.75, 3.05) is 31.1 Å². The number of hydrogen-bond donors (Lipinski definition) is 0. The van der Waals surface area contributed by atoms with Crippen molar-refractivity contribution in [3.63, 3.8) is 0 Å². The lowest BCUT2D eigenvalue weighted by atomic mass is 9.61. The van der Waals surface area contributed by atoms with Gasteiger partial charge in [0.15, 0.2) is 0 Å². The molecule has 5 rings (SSSR count). The van der Waals surface area contributed by atoms with E-state index < -0.39 is 11.7 Å². The third-order valence-electron chi connectivity index (χ3n) is 7.65. The first-order valence-electron chi connectivity index (χ1n) is 12.3. The number of alkyl halides is 3. The molecule has 0 N–H and O–H groups in total. The van der Waals surface area contributed by atoms with Gasteiger partial charge in [0.05, 0.1) is 17.6 Å². The SMILES string of the molecule is C[C@@H]1CN(c2ccc(C(F)(F)F)cc2)C[C@H](C)N1C(=O)OC1CC2(C1)CN(Cc1ccccc1)C2. The standard InChI is InChI=1S/C27H32F3N3O2/c1-19-14-32(23-10-8-22(9-11-23)27(28,29)30)15-20(2)33(19)25(34)35-24-12-26(13-24)17-31(18-26)16-21-6-4-3-5-7-21/h3-11,19-20,24H,12-18H2,1-2H3/t19-,20+. The van der Waals surface area contributed by atoms with Crippen LogP contribution >= 0.6 is 0 Å². The molecule has 3 fully saturated rings. The molecule has 1 aliphatic carbocycles. The molecule has 0 unspecified atom stereocenters. The van der Waals surface area contributed by atoms with E-state index in [-0.39, 0.29) is 29.7 Å². The van der Waals surface area contributed by atoms with E-state index in [1.54, 1.807) is 4.90 Å². The van der Waals surface area contributed by atoms with Crippen molar-refractivity contribution < 1.29 is 22.7 Å². The minimum absolute atomic E-state index is 0.0336. The van der Waals surface area contributed by atoms with Crippen LogP contribution < -0.4 is 4.90 Å². The fraction of sp³-hybridized carbons (Fsp3) is 0.519. The van der Waals surface area contributed by atoms with Crippen LogP contribution in [0, 0.1) is 5.41 Å². The van der Waals surface area contributed by atoms with Gasteiger partial charge in [-0.3, -0.25) is 9.80 Å². The van der Waals surface area contributed by atoms with Crippen molar-refractivity contribution in [3.8, 4) is 0 Å². The molecule has 1 spiro atoms. The van der Waals surface area contributed by atoms with Gasteiger partial charge in [0.25, 0.3) is 0 Å². The maximum Gasteiger partial charge on any atom is 0.416 e. The zero-order valence-corrected chi connectivity index (χ0v) is 20.2. The molecule has 5 nitrogen and oxygen atoms in total. The maximum atomic E-state index is 13.0. The second kappa shape index (κ2) is 9.04. The number of halogens is 3. The fourth-order valence-electron chi connectivity index (χ4n) is 6.06. The minimum Gasteiger partial charge on any atom is -0.446 e. The number of nitrogens with zero attached hydrogens (tertiary/aromatic N) is 3. The van der Waals surface area contributed by atoms with Gasteiger partial charge in [-0.2, -0.15) is 13.2 Å². The van der Waals surface area contributed by atoms with Gasteiger partial charge in [-0.25, -0.2) is 4.79 Å². The average molecular weight is 488 g/mol. The molecule has 3 aliphatic rings. The Bertz CT molecular complexity index is 1020. The zero-order valence-electron chi connectivity index (χ0n) is 20.2. The van der Waals surface area contributed by atoms with Crippen molar-refractivity contribution in [1.82, 2.24) is 9.80 Å². The molecular formula is C27H32F3N3O2. The predicted molar refractivity (Wildman–Crippen MR) is 128 cm³/mol. The minimum atomic E-state index is -4.35. The molecule has 0 aromatic heterocycles. The quantitative estimate of drug-likeness (QED) is 0.578. The third-order valence-corrected chi connectivity index (χ3v) is 7.65. The summed E-state index contributed by atoms with van der Waals surface area (Å²) in [4.78, 5) is 19.3. The maximum absolute atomic E-state index is 13.0. The zero-order chi connectivity index (χ0) is 24.8. The summed E-state index contributed by atoms with van der Waals surface area (Å²) in [5.74, 6) is 0. The van der Waals surface area contributed by atoms with Crippen LogP contribution in [0.5, 0.6) is 0 Å². The van der Waals surface area contributed by atoms with Crippen molar-refractivity contribution in [1.29, 1.82) is 0 Å². The topological polar surface area (TPSA) is 36.0 Å². The summed E-state index contributed by atoms with van der Waals surface area (Å²) in [6.07, 6.45) is -2.83. The number of carbonyl (C=O) groups excluding carboxylic acids is 1. The predicted octanol–water partition coefficient (Wildman–Crippen LogP) is 5.41. The Labute approximate surface area is 204 Å². The highest BCUT2D eigenvalue weighted by molar-refractivity contribution is 5.69. The summed E-state index contributed by atoms with van der Waals surface area (Å²) in [5, 5.41) is 0. The van der Waals surface area contributed by atoms with Crippen molar-refractivity contribution >= 4 is 11.8 Å². The van der Waals surface area contributed by atoms with E-state index in [1.807, 2.05) is 24.8 Å². The Morgan fingerprint density at radius 3 is 2.14 bits per heavy atom. The highest BCUT2D eigenvalue weighted by atomic mass is 19.4. The Kier molecular flexibility index (Phi) is 6.20. The molecule has 188 valence electrons. The molecule has 8 heteroatoms. The van der Waals surface area contributed by atoms with Gasteiger partial charge in [-0.05, 0) is 56.5 Å². The molecule has 1 amide bonds. The number of benzene rings is 2. The van der Waals surface area contributed by atoms with Crippen LogP contribution in [0.2, 0.25) is 0 Å². The van der Waals surface area contributed by atoms with Gasteiger partial charge in [-0.15, -0.1) is 0 Å². The third kappa shape index (κ3) is 4.99. The Balaban J connectivity index is 1.09. The molecule has 2 heterocycles.